The van der Waals surface area contributed by atoms with E-state index in [1.165, 1.54) is 18.2 Å². The molecule has 0 aliphatic carbocycles. The van der Waals surface area contributed by atoms with Crippen molar-refractivity contribution >= 4 is 21.9 Å². The minimum absolute atomic E-state index is 0.0548. The molecule has 1 N–H and O–H groups in total. The molecule has 0 unspecified atom stereocenters. The number of nitrogens with zero attached hydrogens (tertiary/aromatic N) is 1. The third kappa shape index (κ3) is 6.33. The Morgan fingerprint density at radius 1 is 1.03 bits per heavy atom. The molecule has 0 aromatic heterocycles. The molecule has 1 amide bonds. The van der Waals surface area contributed by atoms with Gasteiger partial charge < -0.3 is 19.1 Å². The summed E-state index contributed by atoms with van der Waals surface area (Å²) in [5, 5.41) is 0. The zero-order valence-electron chi connectivity index (χ0n) is 18.9. The van der Waals surface area contributed by atoms with E-state index in [1.807, 2.05) is 27.7 Å². The Bertz CT molecular complexity index is 889. The van der Waals surface area contributed by atoms with E-state index in [-0.39, 0.29) is 22.9 Å². The summed E-state index contributed by atoms with van der Waals surface area (Å²) >= 11 is 0. The zero-order chi connectivity index (χ0) is 23.3. The van der Waals surface area contributed by atoms with E-state index in [2.05, 4.69) is 4.72 Å². The van der Waals surface area contributed by atoms with Crippen molar-refractivity contribution in [1.29, 1.82) is 0 Å². The Labute approximate surface area is 184 Å². The van der Waals surface area contributed by atoms with Gasteiger partial charge in [-0.3, -0.25) is 9.59 Å². The van der Waals surface area contributed by atoms with Gasteiger partial charge in [0.15, 0.2) is 18.1 Å². The summed E-state index contributed by atoms with van der Waals surface area (Å²) in [5.41, 5.74) is 0. The Kier molecular flexibility index (Phi) is 8.30. The number of rotatable bonds is 9. The average molecular weight is 457 g/mol. The lowest BCUT2D eigenvalue weighted by atomic mass is 10.1. The van der Waals surface area contributed by atoms with Crippen LogP contribution in [0.1, 0.15) is 41.5 Å². The number of nitrogens with one attached hydrogen (secondary N) is 1. The molecule has 174 valence electrons. The first-order valence-electron chi connectivity index (χ1n) is 10.3. The largest absolute Gasteiger partial charge is 0.486 e. The maximum Gasteiger partial charge on any atom is 0.324 e. The summed E-state index contributed by atoms with van der Waals surface area (Å²) in [5.74, 6) is -0.761. The van der Waals surface area contributed by atoms with Gasteiger partial charge in [-0.25, -0.2) is 8.42 Å². The minimum Gasteiger partial charge on any atom is -0.486 e. The van der Waals surface area contributed by atoms with Gasteiger partial charge >= 0.3 is 5.97 Å². The number of hydrogen-bond donors (Lipinski definition) is 1. The van der Waals surface area contributed by atoms with E-state index in [4.69, 9.17) is 14.2 Å². The average Bonchev–Trinajstić information content (AvgIpc) is 2.69. The first-order valence-corrected chi connectivity index (χ1v) is 11.8. The summed E-state index contributed by atoms with van der Waals surface area (Å²) in [6.07, 6.45) is 0. The van der Waals surface area contributed by atoms with Crippen LogP contribution in [0.4, 0.5) is 0 Å². The van der Waals surface area contributed by atoms with Crippen LogP contribution in [0.5, 0.6) is 11.5 Å². The molecule has 0 spiro atoms. The van der Waals surface area contributed by atoms with Gasteiger partial charge in [-0.15, -0.1) is 0 Å². The highest BCUT2D eigenvalue weighted by Crippen LogP contribution is 2.32. The maximum absolute atomic E-state index is 12.9. The molecular formula is C21H32N2O7S. The predicted molar refractivity (Wildman–Crippen MR) is 114 cm³/mol. The van der Waals surface area contributed by atoms with Crippen LogP contribution in [0, 0.1) is 5.92 Å². The van der Waals surface area contributed by atoms with E-state index in [9.17, 15) is 18.0 Å². The van der Waals surface area contributed by atoms with Crippen molar-refractivity contribution in [3.8, 4) is 11.5 Å². The summed E-state index contributed by atoms with van der Waals surface area (Å²) in [6.45, 7) is 11.1. The minimum atomic E-state index is -4.05. The predicted octanol–water partition coefficient (Wildman–Crippen LogP) is 1.95. The molecule has 0 saturated heterocycles. The SMILES string of the molecule is CC(C)[C@@H](NS(=O)(=O)c1ccc2c(c1)OCCO2)C(=O)OCC(=O)N(C(C)C)C(C)C. The number of fused-ring (bicyclic) bond motifs is 1. The first-order chi connectivity index (χ1) is 14.4. The van der Waals surface area contributed by atoms with Crippen molar-refractivity contribution < 1.29 is 32.2 Å². The number of carbonyl (C=O) groups is 2. The molecule has 1 aromatic rings. The summed E-state index contributed by atoms with van der Waals surface area (Å²) in [6, 6.07) is 2.98. The molecular weight excluding hydrogens is 424 g/mol. The fourth-order valence-corrected chi connectivity index (χ4v) is 4.70. The van der Waals surface area contributed by atoms with Crippen LogP contribution >= 0.6 is 0 Å². The second-order valence-electron chi connectivity index (χ2n) is 8.24. The second kappa shape index (κ2) is 10.3. The molecule has 1 aromatic carbocycles. The van der Waals surface area contributed by atoms with E-state index in [1.54, 1.807) is 18.7 Å². The van der Waals surface area contributed by atoms with E-state index < -0.39 is 34.6 Å². The maximum atomic E-state index is 12.9. The van der Waals surface area contributed by atoms with E-state index in [0.29, 0.717) is 24.7 Å². The molecule has 10 heteroatoms. The summed E-state index contributed by atoms with van der Waals surface area (Å²) < 4.78 is 44.2. The van der Waals surface area contributed by atoms with Crippen LogP contribution in [-0.2, 0) is 24.3 Å². The van der Waals surface area contributed by atoms with Crippen LogP contribution in [0.25, 0.3) is 0 Å². The van der Waals surface area contributed by atoms with Crippen LogP contribution in [-0.4, -0.2) is 63.1 Å². The van der Waals surface area contributed by atoms with E-state index in [0.717, 1.165) is 0 Å². The Hall–Kier alpha value is -2.33. The van der Waals surface area contributed by atoms with Crippen LogP contribution in [0.15, 0.2) is 23.1 Å². The lowest BCUT2D eigenvalue weighted by Gasteiger charge is -2.30. The van der Waals surface area contributed by atoms with Gasteiger partial charge in [0.25, 0.3) is 5.91 Å². The van der Waals surface area contributed by atoms with Crippen molar-refractivity contribution in [2.45, 2.75) is 64.6 Å². The highest BCUT2D eigenvalue weighted by atomic mass is 32.2. The Morgan fingerprint density at radius 3 is 2.16 bits per heavy atom. The number of ether oxygens (including phenoxy) is 3. The van der Waals surface area contributed by atoms with Crippen molar-refractivity contribution in [1.82, 2.24) is 9.62 Å². The van der Waals surface area contributed by atoms with Gasteiger partial charge in [0.2, 0.25) is 10.0 Å². The number of carbonyl (C=O) groups excluding carboxylic acids is 2. The van der Waals surface area contributed by atoms with Gasteiger partial charge in [0.1, 0.15) is 19.3 Å². The van der Waals surface area contributed by atoms with Crippen molar-refractivity contribution in [2.75, 3.05) is 19.8 Å². The Morgan fingerprint density at radius 2 is 1.61 bits per heavy atom. The van der Waals surface area contributed by atoms with Gasteiger partial charge in [-0.2, -0.15) is 4.72 Å². The number of benzene rings is 1. The fraction of sp³-hybridized carbons (Fsp3) is 0.619. The molecule has 0 radical (unpaired) electrons. The molecule has 9 nitrogen and oxygen atoms in total. The summed E-state index contributed by atoms with van der Waals surface area (Å²) in [4.78, 5) is 26.6. The smallest absolute Gasteiger partial charge is 0.324 e. The first kappa shape index (κ1) is 24.9. The van der Waals surface area contributed by atoms with Crippen LogP contribution in [0.3, 0.4) is 0 Å². The summed E-state index contributed by atoms with van der Waals surface area (Å²) in [7, 11) is -4.05. The Balaban J connectivity index is 2.11. The van der Waals surface area contributed by atoms with Gasteiger partial charge in [0.05, 0.1) is 4.90 Å². The van der Waals surface area contributed by atoms with Gasteiger partial charge in [-0.1, -0.05) is 13.8 Å². The van der Waals surface area contributed by atoms with Crippen LogP contribution in [0.2, 0.25) is 0 Å². The number of amides is 1. The molecule has 0 fully saturated rings. The topological polar surface area (TPSA) is 111 Å². The second-order valence-corrected chi connectivity index (χ2v) is 9.96. The lowest BCUT2D eigenvalue weighted by Crippen LogP contribution is -2.48. The number of esters is 1. The molecule has 31 heavy (non-hydrogen) atoms. The van der Waals surface area contributed by atoms with Crippen molar-refractivity contribution in [3.63, 3.8) is 0 Å². The highest BCUT2D eigenvalue weighted by molar-refractivity contribution is 7.89. The third-order valence-electron chi connectivity index (χ3n) is 4.77. The zero-order valence-corrected chi connectivity index (χ0v) is 19.7. The molecule has 1 aliphatic heterocycles. The lowest BCUT2D eigenvalue weighted by molar-refractivity contribution is -0.155. The van der Waals surface area contributed by atoms with Gasteiger partial charge in [0, 0.05) is 18.2 Å². The van der Waals surface area contributed by atoms with Crippen molar-refractivity contribution in [3.05, 3.63) is 18.2 Å². The fourth-order valence-electron chi connectivity index (χ4n) is 3.35. The molecule has 2 rings (SSSR count). The van der Waals surface area contributed by atoms with Crippen molar-refractivity contribution in [2.24, 2.45) is 5.92 Å². The van der Waals surface area contributed by atoms with Gasteiger partial charge in [-0.05, 0) is 45.7 Å². The number of sulfonamides is 1. The van der Waals surface area contributed by atoms with Crippen LogP contribution < -0.4 is 14.2 Å². The quantitative estimate of drug-likeness (QED) is 0.565. The molecule has 1 heterocycles. The molecule has 0 saturated carbocycles. The standard InChI is InChI=1S/C21H32N2O7S/c1-13(2)20(21(25)30-12-19(24)23(14(3)4)15(5)6)22-31(26,27)16-7-8-17-18(11-16)29-10-9-28-17/h7-8,11,13-15,20,22H,9-10,12H2,1-6H3/t20-/m1/s1. The third-order valence-corrected chi connectivity index (χ3v) is 6.20. The normalized spacial score (nSPS) is 14.6. The number of hydrogen-bond acceptors (Lipinski definition) is 7. The monoisotopic (exact) mass is 456 g/mol. The molecule has 0 bridgehead atoms. The highest BCUT2D eigenvalue weighted by Gasteiger charge is 2.31. The van der Waals surface area contributed by atoms with E-state index >= 15 is 0 Å². The molecule has 1 aliphatic rings. The molecule has 1 atom stereocenters.